The first-order valence-corrected chi connectivity index (χ1v) is 16.3. The molecule has 9 heteroatoms. The Morgan fingerprint density at radius 2 is 1.67 bits per heavy atom. The first kappa shape index (κ1) is 29.5. The zero-order valence-corrected chi connectivity index (χ0v) is 26.0. The number of hydrogen-bond acceptors (Lipinski definition) is 8. The van der Waals surface area contributed by atoms with Crippen LogP contribution in [0.5, 0.6) is 11.5 Å². The van der Waals surface area contributed by atoms with Crippen molar-refractivity contribution in [3.05, 3.63) is 71.8 Å². The molecule has 3 aliphatic heterocycles. The summed E-state index contributed by atoms with van der Waals surface area (Å²) in [4.78, 5) is 29.3. The highest BCUT2D eigenvalue weighted by Crippen LogP contribution is 2.34. The van der Waals surface area contributed by atoms with Crippen molar-refractivity contribution < 1.29 is 18.7 Å². The minimum absolute atomic E-state index is 0.0916. The van der Waals surface area contributed by atoms with Crippen LogP contribution in [-0.4, -0.2) is 96.9 Å². The van der Waals surface area contributed by atoms with Crippen LogP contribution in [0.1, 0.15) is 41.6 Å². The molecule has 0 spiro atoms. The third-order valence-electron chi connectivity index (χ3n) is 9.07. The number of oxazole rings is 1. The summed E-state index contributed by atoms with van der Waals surface area (Å²) in [7, 11) is 0. The molecule has 0 bridgehead atoms. The fraction of sp³-hybridized carbons (Fsp3) is 0.417. The lowest BCUT2D eigenvalue weighted by molar-refractivity contribution is 0.0774. The van der Waals surface area contributed by atoms with Crippen molar-refractivity contribution in [1.82, 2.24) is 19.7 Å². The molecule has 3 aliphatic rings. The van der Waals surface area contributed by atoms with Gasteiger partial charge in [-0.1, -0.05) is 18.2 Å². The molecular weight excluding hydrogens is 566 g/mol. The van der Waals surface area contributed by atoms with Crippen LogP contribution in [0.15, 0.2) is 70.1 Å². The Morgan fingerprint density at radius 1 is 0.889 bits per heavy atom. The van der Waals surface area contributed by atoms with E-state index in [0.29, 0.717) is 24.7 Å². The van der Waals surface area contributed by atoms with Crippen LogP contribution in [0.3, 0.4) is 0 Å². The van der Waals surface area contributed by atoms with Gasteiger partial charge >= 0.3 is 0 Å². The summed E-state index contributed by atoms with van der Waals surface area (Å²) in [5.41, 5.74) is 4.98. The number of fused-ring (bicyclic) bond motifs is 3. The van der Waals surface area contributed by atoms with Gasteiger partial charge in [0.15, 0.2) is 5.58 Å². The highest BCUT2D eigenvalue weighted by Gasteiger charge is 2.32. The first-order valence-electron chi connectivity index (χ1n) is 16.3. The molecule has 0 aliphatic carbocycles. The number of aromatic nitrogens is 1. The number of hydrogen-bond donors (Lipinski definition) is 0. The minimum Gasteiger partial charge on any atom is -0.494 e. The van der Waals surface area contributed by atoms with Crippen LogP contribution in [0.2, 0.25) is 0 Å². The summed E-state index contributed by atoms with van der Waals surface area (Å²) in [5.74, 6) is 2.37. The Morgan fingerprint density at radius 3 is 2.47 bits per heavy atom. The molecule has 4 aromatic rings. The van der Waals surface area contributed by atoms with Gasteiger partial charge < -0.3 is 28.6 Å². The lowest BCUT2D eigenvalue weighted by atomic mass is 10.1. The van der Waals surface area contributed by atoms with E-state index < -0.39 is 0 Å². The van der Waals surface area contributed by atoms with Crippen molar-refractivity contribution in [2.45, 2.75) is 38.6 Å². The molecule has 0 unspecified atom stereocenters. The molecule has 2 saturated heterocycles. The molecule has 45 heavy (non-hydrogen) atoms. The van der Waals surface area contributed by atoms with E-state index in [9.17, 15) is 4.79 Å². The second-order valence-corrected chi connectivity index (χ2v) is 12.2. The predicted octanol–water partition coefficient (Wildman–Crippen LogP) is 5.98. The molecule has 0 radical (unpaired) electrons. The molecule has 1 atom stereocenters. The molecule has 0 saturated carbocycles. The summed E-state index contributed by atoms with van der Waals surface area (Å²) < 4.78 is 18.2. The largest absolute Gasteiger partial charge is 0.494 e. The molecule has 234 valence electrons. The minimum atomic E-state index is 0.0916. The quantitative estimate of drug-likeness (QED) is 0.194. The second kappa shape index (κ2) is 13.4. The van der Waals surface area contributed by atoms with Crippen LogP contribution < -0.4 is 9.47 Å². The summed E-state index contributed by atoms with van der Waals surface area (Å²) in [5, 5.41) is 0. The van der Waals surface area contributed by atoms with Crippen molar-refractivity contribution in [1.29, 1.82) is 0 Å². The van der Waals surface area contributed by atoms with Gasteiger partial charge in [-0.3, -0.25) is 9.79 Å². The van der Waals surface area contributed by atoms with E-state index in [4.69, 9.17) is 13.9 Å². The number of carbonyl (C=O) groups excluding carboxylic acids is 1. The third kappa shape index (κ3) is 6.74. The monoisotopic (exact) mass is 607 g/mol. The van der Waals surface area contributed by atoms with Crippen LogP contribution in [0, 0.1) is 6.92 Å². The Labute approximate surface area is 264 Å². The number of carbonyl (C=O) groups is 1. The predicted molar refractivity (Wildman–Crippen MR) is 176 cm³/mol. The maximum atomic E-state index is 13.0. The van der Waals surface area contributed by atoms with Gasteiger partial charge in [-0.2, -0.15) is 0 Å². The molecule has 3 aromatic carbocycles. The van der Waals surface area contributed by atoms with Crippen molar-refractivity contribution >= 4 is 28.9 Å². The summed E-state index contributed by atoms with van der Waals surface area (Å²) in [6.07, 6.45) is 5.92. The van der Waals surface area contributed by atoms with Gasteiger partial charge in [0.25, 0.3) is 5.91 Å². The van der Waals surface area contributed by atoms with Crippen molar-refractivity contribution in [2.24, 2.45) is 4.99 Å². The van der Waals surface area contributed by atoms with Crippen LogP contribution in [0.25, 0.3) is 22.6 Å². The SMILES string of the molecule is Cc1cc2c(cc1OCCCN1CCN(CCCOc3cccc(-c4nc5ccccc5o4)c3)CC1)N=C[C@@H]1CCCN1C2=O. The van der Waals surface area contributed by atoms with Gasteiger partial charge in [0, 0.05) is 63.7 Å². The molecule has 9 nitrogen and oxygen atoms in total. The van der Waals surface area contributed by atoms with Gasteiger partial charge in [-0.05, 0) is 74.6 Å². The van der Waals surface area contributed by atoms with Crippen molar-refractivity contribution in [3.8, 4) is 23.0 Å². The maximum Gasteiger partial charge on any atom is 0.256 e. The molecule has 4 heterocycles. The van der Waals surface area contributed by atoms with Gasteiger partial charge in [0.05, 0.1) is 30.5 Å². The second-order valence-electron chi connectivity index (χ2n) is 12.2. The number of piperazine rings is 1. The van der Waals surface area contributed by atoms with E-state index in [2.05, 4.69) is 19.8 Å². The number of ether oxygens (including phenoxy) is 2. The fourth-order valence-electron chi connectivity index (χ4n) is 6.53. The lowest BCUT2D eigenvalue weighted by Crippen LogP contribution is -2.47. The van der Waals surface area contributed by atoms with E-state index in [-0.39, 0.29) is 11.9 Å². The number of aryl methyl sites for hydroxylation is 1. The zero-order chi connectivity index (χ0) is 30.6. The Kier molecular flexibility index (Phi) is 8.80. The number of amides is 1. The molecule has 0 N–H and O–H groups in total. The van der Waals surface area contributed by atoms with E-state index in [1.165, 1.54) is 0 Å². The van der Waals surface area contributed by atoms with Gasteiger partial charge in [-0.15, -0.1) is 0 Å². The Balaban J connectivity index is 0.804. The van der Waals surface area contributed by atoms with E-state index in [1.54, 1.807) is 0 Å². The number of aliphatic imine (C=N–C) groups is 1. The average Bonchev–Trinajstić information content (AvgIpc) is 3.70. The summed E-state index contributed by atoms with van der Waals surface area (Å²) in [6.45, 7) is 10.5. The standard InChI is InChI=1S/C36H41N5O4/c1-26-22-30-32(37-25-28-9-5-15-41(28)36(30)42)24-34(26)44-21-7-14-40-18-16-39(17-19-40)13-6-20-43-29-10-4-8-27(23-29)35-38-31-11-2-3-12-33(31)45-35/h2-4,8,10-12,22-25,28H,5-7,9,13-21H2,1H3/t28-/m0/s1. The van der Waals surface area contributed by atoms with Gasteiger partial charge in [-0.25, -0.2) is 4.98 Å². The smallest absolute Gasteiger partial charge is 0.256 e. The Bertz CT molecular complexity index is 1640. The third-order valence-corrected chi connectivity index (χ3v) is 9.07. The molecule has 1 aromatic heterocycles. The number of benzene rings is 3. The molecule has 7 rings (SSSR count). The van der Waals surface area contributed by atoms with Gasteiger partial charge in [0.2, 0.25) is 5.89 Å². The number of rotatable bonds is 11. The van der Waals surface area contributed by atoms with Crippen LogP contribution in [0.4, 0.5) is 5.69 Å². The van der Waals surface area contributed by atoms with Gasteiger partial charge in [0.1, 0.15) is 17.0 Å². The maximum absolute atomic E-state index is 13.0. The number of nitrogens with zero attached hydrogens (tertiary/aromatic N) is 5. The molecule has 1 amide bonds. The highest BCUT2D eigenvalue weighted by molar-refractivity contribution is 6.03. The lowest BCUT2D eigenvalue weighted by Gasteiger charge is -2.34. The molecule has 2 fully saturated rings. The topological polar surface area (TPSA) is 83.6 Å². The van der Waals surface area contributed by atoms with Crippen molar-refractivity contribution in [3.63, 3.8) is 0 Å². The van der Waals surface area contributed by atoms with Crippen LogP contribution >= 0.6 is 0 Å². The van der Waals surface area contributed by atoms with E-state index >= 15 is 0 Å². The fourth-order valence-corrected chi connectivity index (χ4v) is 6.53. The normalized spacial score (nSPS) is 18.6. The first-order chi connectivity index (χ1) is 22.1. The highest BCUT2D eigenvalue weighted by atomic mass is 16.5. The number of para-hydroxylation sites is 2. The summed E-state index contributed by atoms with van der Waals surface area (Å²) >= 11 is 0. The Hall–Kier alpha value is -4.21. The zero-order valence-electron chi connectivity index (χ0n) is 26.0. The average molecular weight is 608 g/mol. The van der Waals surface area contributed by atoms with Crippen molar-refractivity contribution in [2.75, 3.05) is 59.0 Å². The van der Waals surface area contributed by atoms with E-state index in [1.807, 2.05) is 78.7 Å². The molecular formula is C36H41N5O4. The van der Waals surface area contributed by atoms with Crippen LogP contribution in [-0.2, 0) is 0 Å². The van der Waals surface area contributed by atoms with E-state index in [0.717, 1.165) is 111 Å². The summed E-state index contributed by atoms with van der Waals surface area (Å²) in [6, 6.07) is 19.8.